The van der Waals surface area contributed by atoms with Crippen LogP contribution < -0.4 is 10.4 Å². The molecular weight excluding hydrogens is 391 g/mol. The highest BCUT2D eigenvalue weighted by molar-refractivity contribution is 6.61. The molecule has 2 aliphatic heterocycles. The number of carbonyl (C=O) groups excluding carboxylic acids is 1. The SMILES string of the molecule is CC1(C)OB(c2cnc(N(C[C@H]3CCN(C(=O)CCl)C3)C3CC3)nc2)OC1(C)C. The Hall–Kier alpha value is -1.38. The molecule has 29 heavy (non-hydrogen) atoms. The first-order valence-corrected chi connectivity index (χ1v) is 11.0. The Kier molecular flexibility index (Phi) is 5.55. The van der Waals surface area contributed by atoms with Gasteiger partial charge in [0.2, 0.25) is 11.9 Å². The Labute approximate surface area is 178 Å². The Balaban J connectivity index is 1.42. The summed E-state index contributed by atoms with van der Waals surface area (Å²) in [6.07, 6.45) is 6.96. The van der Waals surface area contributed by atoms with Gasteiger partial charge in [-0.05, 0) is 52.9 Å². The number of aromatic nitrogens is 2. The maximum Gasteiger partial charge on any atom is 0.498 e. The lowest BCUT2D eigenvalue weighted by Gasteiger charge is -2.32. The van der Waals surface area contributed by atoms with Crippen molar-refractivity contribution in [1.29, 1.82) is 0 Å². The van der Waals surface area contributed by atoms with Gasteiger partial charge in [-0.2, -0.15) is 0 Å². The number of hydrogen-bond acceptors (Lipinski definition) is 6. The van der Waals surface area contributed by atoms with Crippen LogP contribution in [0.25, 0.3) is 0 Å². The van der Waals surface area contributed by atoms with Crippen molar-refractivity contribution in [3.8, 4) is 0 Å². The molecule has 1 aromatic rings. The quantitative estimate of drug-likeness (QED) is 0.517. The third-order valence-corrected chi connectivity index (χ3v) is 6.86. The van der Waals surface area contributed by atoms with Crippen LogP contribution in [0.3, 0.4) is 0 Å². The van der Waals surface area contributed by atoms with Gasteiger partial charge in [-0.1, -0.05) is 0 Å². The lowest BCUT2D eigenvalue weighted by molar-refractivity contribution is -0.127. The summed E-state index contributed by atoms with van der Waals surface area (Å²) in [6.45, 7) is 10.6. The van der Waals surface area contributed by atoms with E-state index in [1.165, 1.54) is 12.8 Å². The van der Waals surface area contributed by atoms with Crippen molar-refractivity contribution in [1.82, 2.24) is 14.9 Å². The molecule has 1 saturated carbocycles. The molecule has 0 N–H and O–H groups in total. The molecular formula is C20H30BClN4O3. The fraction of sp³-hybridized carbons (Fsp3) is 0.750. The summed E-state index contributed by atoms with van der Waals surface area (Å²) in [4.78, 5) is 25.3. The zero-order chi connectivity index (χ0) is 20.8. The van der Waals surface area contributed by atoms with E-state index in [0.29, 0.717) is 12.0 Å². The van der Waals surface area contributed by atoms with Crippen molar-refractivity contribution in [2.45, 2.75) is 64.2 Å². The number of alkyl halides is 1. The van der Waals surface area contributed by atoms with Crippen molar-refractivity contribution in [3.05, 3.63) is 12.4 Å². The molecule has 1 atom stereocenters. The second kappa shape index (κ2) is 7.71. The summed E-state index contributed by atoms with van der Waals surface area (Å²) < 4.78 is 12.2. The van der Waals surface area contributed by atoms with Crippen molar-refractivity contribution in [2.24, 2.45) is 5.92 Å². The maximum absolute atomic E-state index is 11.8. The van der Waals surface area contributed by atoms with Crippen LogP contribution in [0.5, 0.6) is 0 Å². The largest absolute Gasteiger partial charge is 0.498 e. The van der Waals surface area contributed by atoms with E-state index in [4.69, 9.17) is 20.9 Å². The highest BCUT2D eigenvalue weighted by atomic mass is 35.5. The fourth-order valence-corrected chi connectivity index (χ4v) is 4.10. The van der Waals surface area contributed by atoms with E-state index in [1.54, 1.807) is 0 Å². The highest BCUT2D eigenvalue weighted by Gasteiger charge is 2.52. The second-order valence-corrected chi connectivity index (χ2v) is 9.68. The molecule has 1 aromatic heterocycles. The fourth-order valence-electron chi connectivity index (χ4n) is 3.93. The standard InChI is InChI=1S/C20H30BClN4O3/c1-19(2)20(3,4)29-21(28-19)15-10-23-18(24-11-15)26(16-5-6-16)13-14-7-8-25(12-14)17(27)9-22/h10-11,14,16H,5-9,12-13H2,1-4H3/t14-/m0/s1. The minimum Gasteiger partial charge on any atom is -0.399 e. The summed E-state index contributed by atoms with van der Waals surface area (Å²) in [5, 5.41) is 0. The van der Waals surface area contributed by atoms with Gasteiger partial charge in [0.05, 0.1) is 11.2 Å². The third kappa shape index (κ3) is 4.25. The smallest absolute Gasteiger partial charge is 0.399 e. The van der Waals surface area contributed by atoms with Crippen LogP contribution in [0.15, 0.2) is 12.4 Å². The van der Waals surface area contributed by atoms with E-state index >= 15 is 0 Å². The molecule has 1 aliphatic carbocycles. The molecule has 4 rings (SSSR count). The molecule has 0 spiro atoms. The number of rotatable bonds is 6. The monoisotopic (exact) mass is 420 g/mol. The average Bonchev–Trinajstić information content (AvgIpc) is 3.36. The number of carbonyl (C=O) groups is 1. The van der Waals surface area contributed by atoms with Crippen molar-refractivity contribution in [2.75, 3.05) is 30.4 Å². The van der Waals surface area contributed by atoms with Crippen LogP contribution >= 0.6 is 11.6 Å². The van der Waals surface area contributed by atoms with Gasteiger partial charge in [0.1, 0.15) is 5.88 Å². The Morgan fingerprint density at radius 2 is 1.83 bits per heavy atom. The minimum atomic E-state index is -0.451. The number of amides is 1. The van der Waals surface area contributed by atoms with Crippen LogP contribution in [0.4, 0.5) is 5.95 Å². The zero-order valence-electron chi connectivity index (χ0n) is 17.7. The van der Waals surface area contributed by atoms with Gasteiger partial charge in [0, 0.05) is 43.5 Å². The van der Waals surface area contributed by atoms with Gasteiger partial charge < -0.3 is 19.1 Å². The lowest BCUT2D eigenvalue weighted by Crippen LogP contribution is -2.41. The van der Waals surface area contributed by atoms with Crippen LogP contribution in [0.2, 0.25) is 0 Å². The zero-order valence-corrected chi connectivity index (χ0v) is 18.5. The van der Waals surface area contributed by atoms with E-state index < -0.39 is 7.12 Å². The number of nitrogens with zero attached hydrogens (tertiary/aromatic N) is 4. The average molecular weight is 421 g/mol. The number of likely N-dealkylation sites (tertiary alicyclic amines) is 1. The molecule has 0 unspecified atom stereocenters. The summed E-state index contributed by atoms with van der Waals surface area (Å²) in [7, 11) is -0.451. The molecule has 7 nitrogen and oxygen atoms in total. The highest BCUT2D eigenvalue weighted by Crippen LogP contribution is 2.36. The number of hydrogen-bond donors (Lipinski definition) is 0. The molecule has 3 fully saturated rings. The maximum atomic E-state index is 11.8. The van der Waals surface area contributed by atoms with Crippen LogP contribution in [-0.4, -0.2) is 70.7 Å². The molecule has 2 saturated heterocycles. The first-order valence-electron chi connectivity index (χ1n) is 10.5. The van der Waals surface area contributed by atoms with E-state index in [0.717, 1.165) is 37.5 Å². The Morgan fingerprint density at radius 1 is 1.21 bits per heavy atom. The Bertz CT molecular complexity index is 741. The normalized spacial score (nSPS) is 25.5. The van der Waals surface area contributed by atoms with Gasteiger partial charge in [-0.15, -0.1) is 11.6 Å². The minimum absolute atomic E-state index is 0.0233. The summed E-state index contributed by atoms with van der Waals surface area (Å²) in [5.74, 6) is 1.25. The van der Waals surface area contributed by atoms with Crippen molar-refractivity contribution >= 4 is 36.0 Å². The number of anilines is 1. The van der Waals surface area contributed by atoms with Crippen LogP contribution in [-0.2, 0) is 14.1 Å². The van der Waals surface area contributed by atoms with E-state index in [2.05, 4.69) is 14.9 Å². The van der Waals surface area contributed by atoms with Crippen LogP contribution in [0.1, 0.15) is 47.0 Å². The molecule has 0 radical (unpaired) electrons. The van der Waals surface area contributed by atoms with E-state index in [1.807, 2.05) is 45.0 Å². The van der Waals surface area contributed by atoms with Gasteiger partial charge >= 0.3 is 7.12 Å². The predicted molar refractivity (Wildman–Crippen MR) is 114 cm³/mol. The van der Waals surface area contributed by atoms with Gasteiger partial charge in [-0.3, -0.25) is 4.79 Å². The molecule has 158 valence electrons. The van der Waals surface area contributed by atoms with E-state index in [9.17, 15) is 4.79 Å². The summed E-state index contributed by atoms with van der Waals surface area (Å²) >= 11 is 5.70. The predicted octanol–water partition coefficient (Wildman–Crippen LogP) is 1.83. The summed E-state index contributed by atoms with van der Waals surface area (Å²) in [6, 6.07) is 0.496. The van der Waals surface area contributed by atoms with E-state index in [-0.39, 0.29) is 23.0 Å². The molecule has 3 heterocycles. The van der Waals surface area contributed by atoms with Gasteiger partial charge in [0.15, 0.2) is 0 Å². The van der Waals surface area contributed by atoms with Crippen molar-refractivity contribution < 1.29 is 14.1 Å². The van der Waals surface area contributed by atoms with Gasteiger partial charge in [-0.25, -0.2) is 9.97 Å². The molecule has 0 bridgehead atoms. The first-order chi connectivity index (χ1) is 13.7. The molecule has 3 aliphatic rings. The second-order valence-electron chi connectivity index (χ2n) is 9.42. The number of halogens is 1. The lowest BCUT2D eigenvalue weighted by atomic mass is 9.81. The first kappa shape index (κ1) is 20.9. The summed E-state index contributed by atoms with van der Waals surface area (Å²) in [5.41, 5.74) is 0.0686. The van der Waals surface area contributed by atoms with Gasteiger partial charge in [0.25, 0.3) is 0 Å². The Morgan fingerprint density at radius 3 is 2.38 bits per heavy atom. The third-order valence-electron chi connectivity index (χ3n) is 6.64. The van der Waals surface area contributed by atoms with Crippen LogP contribution in [0, 0.1) is 5.92 Å². The molecule has 1 amide bonds. The molecule has 0 aromatic carbocycles. The topological polar surface area (TPSA) is 67.8 Å². The van der Waals surface area contributed by atoms with Crippen molar-refractivity contribution in [3.63, 3.8) is 0 Å². The molecule has 9 heteroatoms.